The fraction of sp³-hybridized carbons (Fsp3) is 0.458. The Kier molecular flexibility index (Phi) is 6.12. The zero-order valence-electron chi connectivity index (χ0n) is 19.3. The first-order valence-corrected chi connectivity index (χ1v) is 11.4. The molecule has 0 radical (unpaired) electrons. The van der Waals surface area contributed by atoms with E-state index >= 15 is 0 Å². The number of benzene rings is 1. The van der Waals surface area contributed by atoms with E-state index in [0.717, 1.165) is 5.56 Å². The summed E-state index contributed by atoms with van der Waals surface area (Å²) < 4.78 is 12.2. The molecule has 0 amide bonds. The summed E-state index contributed by atoms with van der Waals surface area (Å²) in [6, 6.07) is 9.97. The summed E-state index contributed by atoms with van der Waals surface area (Å²) in [7, 11) is 0. The van der Waals surface area contributed by atoms with Crippen molar-refractivity contribution in [3.8, 4) is 6.07 Å². The molecule has 0 spiro atoms. The van der Waals surface area contributed by atoms with Gasteiger partial charge in [-0.15, -0.1) is 5.10 Å². The molecule has 33 heavy (non-hydrogen) atoms. The van der Waals surface area contributed by atoms with Gasteiger partial charge in [0.25, 0.3) is 0 Å². The van der Waals surface area contributed by atoms with Crippen molar-refractivity contribution in [2.45, 2.75) is 45.1 Å². The quantitative estimate of drug-likeness (QED) is 0.706. The molecule has 2 aliphatic rings. The second-order valence-electron chi connectivity index (χ2n) is 9.11. The lowest BCUT2D eigenvalue weighted by molar-refractivity contribution is 0.0514. The van der Waals surface area contributed by atoms with Gasteiger partial charge in [-0.1, -0.05) is 36.7 Å². The minimum Gasteiger partial charge on any atom is -0.442 e. The summed E-state index contributed by atoms with van der Waals surface area (Å²) in [5, 5.41) is 18.8. The average Bonchev–Trinajstić information content (AvgIpc) is 3.22. The predicted molar refractivity (Wildman–Crippen MR) is 125 cm³/mol. The minimum atomic E-state index is -0.887. The van der Waals surface area contributed by atoms with E-state index in [4.69, 9.17) is 21.1 Å². The Hall–Kier alpha value is -3.02. The van der Waals surface area contributed by atoms with E-state index in [2.05, 4.69) is 21.4 Å². The van der Waals surface area contributed by atoms with Gasteiger partial charge in [-0.2, -0.15) is 9.94 Å². The second kappa shape index (κ2) is 8.73. The number of allylic oxidation sites excluding steroid dienone is 1. The third kappa shape index (κ3) is 4.07. The number of ether oxygens (including phenoxy) is 2. The molecular formula is C24H28ClN5O3. The zero-order chi connectivity index (χ0) is 23.8. The molecule has 1 aromatic carbocycles. The fourth-order valence-electron chi connectivity index (χ4n) is 4.51. The van der Waals surface area contributed by atoms with Crippen LogP contribution in [0.1, 0.15) is 45.2 Å². The third-order valence-electron chi connectivity index (χ3n) is 5.96. The Morgan fingerprint density at radius 2 is 2.00 bits per heavy atom. The largest absolute Gasteiger partial charge is 0.442 e. The molecule has 1 saturated heterocycles. The highest BCUT2D eigenvalue weighted by molar-refractivity contribution is 6.31. The smallest absolute Gasteiger partial charge is 0.435 e. The van der Waals surface area contributed by atoms with E-state index in [9.17, 15) is 10.1 Å². The molecule has 0 bridgehead atoms. The molecular weight excluding hydrogens is 442 g/mol. The number of nitrogens with one attached hydrogen (secondary N) is 1. The third-order valence-corrected chi connectivity index (χ3v) is 6.29. The molecule has 1 aromatic heterocycles. The number of morpholine rings is 1. The highest BCUT2D eigenvalue weighted by Gasteiger charge is 2.47. The first kappa shape index (κ1) is 23.1. The number of nitrogens with zero attached hydrogens (tertiary/aromatic N) is 4. The molecule has 4 rings (SSSR count). The summed E-state index contributed by atoms with van der Waals surface area (Å²) in [5.74, 6) is 1.17. The molecule has 2 aliphatic heterocycles. The molecule has 8 nitrogen and oxygen atoms in total. The van der Waals surface area contributed by atoms with Crippen LogP contribution in [0.2, 0.25) is 5.02 Å². The summed E-state index contributed by atoms with van der Waals surface area (Å²) in [6.07, 6.45) is 1.60. The van der Waals surface area contributed by atoms with Crippen molar-refractivity contribution in [2.75, 3.05) is 31.6 Å². The molecule has 174 valence electrons. The Morgan fingerprint density at radius 3 is 2.61 bits per heavy atom. The Balaban J connectivity index is 1.94. The van der Waals surface area contributed by atoms with Crippen LogP contribution in [0.4, 0.5) is 10.6 Å². The van der Waals surface area contributed by atoms with Crippen LogP contribution in [-0.4, -0.2) is 52.7 Å². The molecule has 2 aromatic rings. The lowest BCUT2D eigenvalue weighted by Crippen LogP contribution is -2.44. The number of anilines is 1. The lowest BCUT2D eigenvalue weighted by Gasteiger charge is -2.42. The molecule has 1 fully saturated rings. The van der Waals surface area contributed by atoms with Crippen molar-refractivity contribution in [3.05, 3.63) is 58.0 Å². The standard InChI is InChI=1S/C24H28ClN5O3/c1-5-24(16-8-6-7-9-19(16)25)17(14-26)21(29-10-12-32-13-11-29)27-20-18(24)15-30(28-20)22(31)33-23(2,3)4/h6-9,15H,5,10-13H2,1-4H3,(H,27,28). The number of halogens is 1. The molecule has 1 unspecified atom stereocenters. The van der Waals surface area contributed by atoms with Gasteiger partial charge in [0.2, 0.25) is 0 Å². The molecule has 1 N–H and O–H groups in total. The number of aromatic nitrogens is 2. The Bertz CT molecular complexity index is 1140. The van der Waals surface area contributed by atoms with Crippen LogP contribution >= 0.6 is 11.6 Å². The van der Waals surface area contributed by atoms with Crippen LogP contribution < -0.4 is 5.32 Å². The van der Waals surface area contributed by atoms with Crippen molar-refractivity contribution in [1.29, 1.82) is 5.26 Å². The highest BCUT2D eigenvalue weighted by Crippen LogP contribution is 2.51. The number of rotatable bonds is 3. The maximum atomic E-state index is 12.8. The van der Waals surface area contributed by atoms with Crippen LogP contribution in [0.15, 0.2) is 41.9 Å². The number of fused-ring (bicyclic) bond motifs is 1. The maximum Gasteiger partial charge on any atom is 0.435 e. The first-order chi connectivity index (χ1) is 15.7. The van der Waals surface area contributed by atoms with E-state index in [-0.39, 0.29) is 0 Å². The molecule has 0 aliphatic carbocycles. The lowest BCUT2D eigenvalue weighted by atomic mass is 9.66. The van der Waals surface area contributed by atoms with Gasteiger partial charge < -0.3 is 19.7 Å². The minimum absolute atomic E-state index is 0.503. The second-order valence-corrected chi connectivity index (χ2v) is 9.52. The SMILES string of the molecule is CCC1(c2ccccc2Cl)C(C#N)=C(N2CCOCC2)Nc2nn(C(=O)OC(C)(C)C)cc21. The van der Waals surface area contributed by atoms with Gasteiger partial charge in [0.15, 0.2) is 5.82 Å². The van der Waals surface area contributed by atoms with Gasteiger partial charge in [0.05, 0.1) is 30.3 Å². The van der Waals surface area contributed by atoms with Gasteiger partial charge in [0.1, 0.15) is 11.4 Å². The van der Waals surface area contributed by atoms with Gasteiger partial charge in [-0.05, 0) is 38.8 Å². The van der Waals surface area contributed by atoms with E-state index in [1.54, 1.807) is 27.0 Å². The molecule has 9 heteroatoms. The Morgan fingerprint density at radius 1 is 1.30 bits per heavy atom. The van der Waals surface area contributed by atoms with Gasteiger partial charge in [-0.25, -0.2) is 4.79 Å². The number of hydrogen-bond acceptors (Lipinski definition) is 7. The molecule has 1 atom stereocenters. The van der Waals surface area contributed by atoms with E-state index < -0.39 is 17.1 Å². The first-order valence-electron chi connectivity index (χ1n) is 11.0. The maximum absolute atomic E-state index is 12.8. The number of hydrogen-bond donors (Lipinski definition) is 1. The zero-order valence-corrected chi connectivity index (χ0v) is 20.1. The monoisotopic (exact) mass is 469 g/mol. The van der Waals surface area contributed by atoms with Crippen LogP contribution in [0.5, 0.6) is 0 Å². The summed E-state index contributed by atoms with van der Waals surface area (Å²) in [5.41, 5.74) is 0.481. The van der Waals surface area contributed by atoms with Gasteiger partial charge >= 0.3 is 6.09 Å². The van der Waals surface area contributed by atoms with Crippen molar-refractivity contribution >= 4 is 23.5 Å². The van der Waals surface area contributed by atoms with Crippen molar-refractivity contribution in [3.63, 3.8) is 0 Å². The number of carbonyl (C=O) groups excluding carboxylic acids is 1. The van der Waals surface area contributed by atoms with Crippen LogP contribution in [0.25, 0.3) is 0 Å². The van der Waals surface area contributed by atoms with E-state index in [0.29, 0.717) is 60.5 Å². The molecule has 0 saturated carbocycles. The van der Waals surface area contributed by atoms with Crippen LogP contribution in [0.3, 0.4) is 0 Å². The van der Waals surface area contributed by atoms with E-state index in [1.807, 2.05) is 31.2 Å². The number of nitriles is 1. The summed E-state index contributed by atoms with van der Waals surface area (Å²) >= 11 is 6.70. The van der Waals surface area contributed by atoms with Crippen molar-refractivity contribution in [2.24, 2.45) is 0 Å². The fourth-order valence-corrected chi connectivity index (χ4v) is 4.81. The van der Waals surface area contributed by atoms with Crippen LogP contribution in [-0.2, 0) is 14.9 Å². The van der Waals surface area contributed by atoms with Crippen molar-refractivity contribution in [1.82, 2.24) is 14.7 Å². The van der Waals surface area contributed by atoms with Crippen molar-refractivity contribution < 1.29 is 14.3 Å². The molecule has 3 heterocycles. The highest BCUT2D eigenvalue weighted by atomic mass is 35.5. The van der Waals surface area contributed by atoms with Crippen LogP contribution in [0, 0.1) is 11.3 Å². The topological polar surface area (TPSA) is 92.4 Å². The number of carbonyl (C=O) groups is 1. The van der Waals surface area contributed by atoms with Gasteiger partial charge in [-0.3, -0.25) is 0 Å². The Labute approximate surface area is 198 Å². The van der Waals surface area contributed by atoms with Gasteiger partial charge in [0, 0.05) is 29.9 Å². The summed E-state index contributed by atoms with van der Waals surface area (Å²) in [6.45, 7) is 9.82. The summed E-state index contributed by atoms with van der Waals surface area (Å²) in [4.78, 5) is 14.9. The average molecular weight is 470 g/mol. The van der Waals surface area contributed by atoms with E-state index in [1.165, 1.54) is 4.68 Å². The normalized spacial score (nSPS) is 20.7. The predicted octanol–water partition coefficient (Wildman–Crippen LogP) is 4.51.